The number of fused-ring (bicyclic) bond motifs is 1. The van der Waals surface area contributed by atoms with E-state index < -0.39 is 33.8 Å². The molecule has 3 N–H and O–H groups in total. The monoisotopic (exact) mass is 479 g/mol. The summed E-state index contributed by atoms with van der Waals surface area (Å²) in [4.78, 5) is 12.1. The summed E-state index contributed by atoms with van der Waals surface area (Å²) < 4.78 is 79.5. The van der Waals surface area contributed by atoms with Gasteiger partial charge in [-0.25, -0.2) is 12.8 Å². The Hall–Kier alpha value is -3.44. The lowest BCUT2D eigenvalue weighted by Gasteiger charge is -2.29. The van der Waals surface area contributed by atoms with Crippen molar-refractivity contribution in [2.45, 2.75) is 23.8 Å². The molecule has 4 rings (SSSR count). The smallest absolute Gasteiger partial charge is 0.364 e. The summed E-state index contributed by atoms with van der Waals surface area (Å²) in [5.74, 6) is -0.784. The topological polar surface area (TPSA) is 87.3 Å². The fraction of sp³-hybridized carbons (Fsp3) is 0.136. The standard InChI is InChI=1S/C22H17F4N3O3S/c23-17-8-1-13(2-9-17)12-27-21(30)15-5-3-14(4-6-15)20-28-18-11-16(22(24,25)26)7-10-19(18)33(31,32)29-20/h1-11,20,28-29H,12H2,(H,27,30). The Bertz CT molecular complexity index is 1290. The molecule has 33 heavy (non-hydrogen) atoms. The molecule has 0 fully saturated rings. The van der Waals surface area contributed by atoms with E-state index in [1.54, 1.807) is 12.1 Å². The van der Waals surface area contributed by atoms with E-state index in [4.69, 9.17) is 0 Å². The first-order valence-corrected chi connectivity index (χ1v) is 11.1. The predicted molar refractivity (Wildman–Crippen MR) is 112 cm³/mol. The van der Waals surface area contributed by atoms with Crippen molar-refractivity contribution in [3.63, 3.8) is 0 Å². The number of alkyl halides is 3. The highest BCUT2D eigenvalue weighted by molar-refractivity contribution is 7.89. The van der Waals surface area contributed by atoms with Crippen molar-refractivity contribution in [3.8, 4) is 0 Å². The third kappa shape index (κ3) is 4.99. The van der Waals surface area contributed by atoms with Crippen LogP contribution in [0.25, 0.3) is 0 Å². The van der Waals surface area contributed by atoms with Crippen molar-refractivity contribution in [3.05, 3.63) is 94.8 Å². The molecule has 0 saturated heterocycles. The van der Waals surface area contributed by atoms with Crippen LogP contribution < -0.4 is 15.4 Å². The Morgan fingerprint density at radius 3 is 2.27 bits per heavy atom. The largest absolute Gasteiger partial charge is 0.416 e. The van der Waals surface area contributed by atoms with Crippen molar-refractivity contribution in [2.24, 2.45) is 0 Å². The number of hydrogen-bond acceptors (Lipinski definition) is 4. The van der Waals surface area contributed by atoms with Crippen LogP contribution in [0.4, 0.5) is 23.2 Å². The molecular weight excluding hydrogens is 462 g/mol. The number of carbonyl (C=O) groups excluding carboxylic acids is 1. The van der Waals surface area contributed by atoms with Gasteiger partial charge in [-0.1, -0.05) is 24.3 Å². The highest BCUT2D eigenvalue weighted by Crippen LogP contribution is 2.37. The van der Waals surface area contributed by atoms with Crippen LogP contribution in [-0.2, 0) is 22.7 Å². The number of amides is 1. The minimum absolute atomic E-state index is 0.172. The van der Waals surface area contributed by atoms with Crippen LogP contribution >= 0.6 is 0 Å². The van der Waals surface area contributed by atoms with Crippen LogP contribution in [0.5, 0.6) is 0 Å². The predicted octanol–water partition coefficient (Wildman–Crippen LogP) is 4.18. The van der Waals surface area contributed by atoms with Crippen LogP contribution in [0.15, 0.2) is 71.6 Å². The Labute approximate surface area is 186 Å². The maximum atomic E-state index is 13.0. The average Bonchev–Trinajstić information content (AvgIpc) is 2.77. The van der Waals surface area contributed by atoms with Gasteiger partial charge in [-0.2, -0.15) is 17.9 Å². The van der Waals surface area contributed by atoms with Gasteiger partial charge in [0, 0.05) is 12.1 Å². The normalized spacial score (nSPS) is 17.0. The molecule has 3 aromatic rings. The summed E-state index contributed by atoms with van der Waals surface area (Å²) in [6.07, 6.45) is -5.65. The molecule has 0 aromatic heterocycles. The second-order valence-electron chi connectivity index (χ2n) is 7.34. The zero-order chi connectivity index (χ0) is 23.8. The number of halogens is 4. The fourth-order valence-corrected chi connectivity index (χ4v) is 4.61. The zero-order valence-electron chi connectivity index (χ0n) is 16.8. The van der Waals surface area contributed by atoms with Crippen molar-refractivity contribution < 1.29 is 30.8 Å². The quantitative estimate of drug-likeness (QED) is 0.490. The first kappa shape index (κ1) is 22.7. The van der Waals surface area contributed by atoms with Gasteiger partial charge < -0.3 is 10.6 Å². The molecule has 0 saturated carbocycles. The Balaban J connectivity index is 1.50. The molecule has 172 valence electrons. The highest BCUT2D eigenvalue weighted by Gasteiger charge is 2.35. The summed E-state index contributed by atoms with van der Waals surface area (Å²) >= 11 is 0. The Morgan fingerprint density at radius 2 is 1.64 bits per heavy atom. The average molecular weight is 479 g/mol. The van der Waals surface area contributed by atoms with Gasteiger partial charge >= 0.3 is 6.18 Å². The molecule has 0 bridgehead atoms. The summed E-state index contributed by atoms with van der Waals surface area (Å²) in [5.41, 5.74) is 0.252. The molecular formula is C22H17F4N3O3S. The molecule has 1 amide bonds. The molecule has 3 aromatic carbocycles. The zero-order valence-corrected chi connectivity index (χ0v) is 17.6. The summed E-state index contributed by atoms with van der Waals surface area (Å²) in [5, 5.41) is 5.44. The van der Waals surface area contributed by atoms with Gasteiger partial charge in [0.15, 0.2) is 0 Å². The second kappa shape index (κ2) is 8.49. The third-order valence-electron chi connectivity index (χ3n) is 5.04. The molecule has 1 atom stereocenters. The molecule has 0 radical (unpaired) electrons. The number of anilines is 1. The van der Waals surface area contributed by atoms with Gasteiger partial charge in [0.2, 0.25) is 10.0 Å². The first-order chi connectivity index (χ1) is 15.5. The van der Waals surface area contributed by atoms with E-state index in [1.807, 2.05) is 0 Å². The number of hydrogen-bond donors (Lipinski definition) is 3. The number of rotatable bonds is 4. The van der Waals surface area contributed by atoms with Crippen molar-refractivity contribution >= 4 is 21.6 Å². The lowest BCUT2D eigenvalue weighted by atomic mass is 10.1. The molecule has 11 heteroatoms. The van der Waals surface area contributed by atoms with Crippen LogP contribution in [0.1, 0.15) is 33.2 Å². The van der Waals surface area contributed by atoms with Crippen LogP contribution in [0.3, 0.4) is 0 Å². The molecule has 1 heterocycles. The Morgan fingerprint density at radius 1 is 0.970 bits per heavy atom. The molecule has 6 nitrogen and oxygen atoms in total. The summed E-state index contributed by atoms with van der Waals surface area (Å²) in [7, 11) is -4.06. The summed E-state index contributed by atoms with van der Waals surface area (Å²) in [6.45, 7) is 0.184. The first-order valence-electron chi connectivity index (χ1n) is 9.66. The molecule has 1 aliphatic heterocycles. The van der Waals surface area contributed by atoms with E-state index in [0.29, 0.717) is 22.8 Å². The van der Waals surface area contributed by atoms with E-state index in [1.165, 1.54) is 36.4 Å². The van der Waals surface area contributed by atoms with Gasteiger partial charge in [0.1, 0.15) is 16.9 Å². The highest BCUT2D eigenvalue weighted by atomic mass is 32.2. The van der Waals surface area contributed by atoms with Gasteiger partial charge in [0.05, 0.1) is 11.3 Å². The van der Waals surface area contributed by atoms with Gasteiger partial charge in [-0.15, -0.1) is 0 Å². The van der Waals surface area contributed by atoms with E-state index in [9.17, 15) is 30.8 Å². The number of carbonyl (C=O) groups is 1. The molecule has 1 aliphatic rings. The van der Waals surface area contributed by atoms with E-state index in [2.05, 4.69) is 15.4 Å². The van der Waals surface area contributed by atoms with Crippen LogP contribution in [0, 0.1) is 5.82 Å². The maximum Gasteiger partial charge on any atom is 0.416 e. The second-order valence-corrected chi connectivity index (χ2v) is 9.02. The Kier molecular flexibility index (Phi) is 5.85. The number of sulfonamides is 1. The van der Waals surface area contributed by atoms with Crippen molar-refractivity contribution in [1.82, 2.24) is 10.0 Å². The minimum Gasteiger partial charge on any atom is -0.364 e. The van der Waals surface area contributed by atoms with Gasteiger partial charge in [-0.05, 0) is 53.6 Å². The minimum atomic E-state index is -4.62. The van der Waals surface area contributed by atoms with Crippen LogP contribution in [-0.4, -0.2) is 14.3 Å². The van der Waals surface area contributed by atoms with Crippen LogP contribution in [0.2, 0.25) is 0 Å². The number of benzene rings is 3. The summed E-state index contributed by atoms with van der Waals surface area (Å²) in [6, 6.07) is 13.9. The van der Waals surface area contributed by atoms with E-state index in [0.717, 1.165) is 12.1 Å². The number of nitrogens with one attached hydrogen (secondary N) is 3. The lowest BCUT2D eigenvalue weighted by Crippen LogP contribution is -2.38. The van der Waals surface area contributed by atoms with Gasteiger partial charge in [-0.3, -0.25) is 4.79 Å². The maximum absolute atomic E-state index is 13.0. The third-order valence-corrected chi connectivity index (χ3v) is 6.52. The molecule has 0 spiro atoms. The van der Waals surface area contributed by atoms with E-state index >= 15 is 0 Å². The fourth-order valence-electron chi connectivity index (χ4n) is 3.32. The SMILES string of the molecule is O=C(NCc1ccc(F)cc1)c1ccc(C2Nc3cc(C(F)(F)F)ccc3S(=O)(=O)N2)cc1. The van der Waals surface area contributed by atoms with E-state index in [-0.39, 0.29) is 22.9 Å². The van der Waals surface area contributed by atoms with Gasteiger partial charge in [0.25, 0.3) is 5.91 Å². The lowest BCUT2D eigenvalue weighted by molar-refractivity contribution is -0.137. The molecule has 1 unspecified atom stereocenters. The van der Waals surface area contributed by atoms with Crippen molar-refractivity contribution in [1.29, 1.82) is 0 Å². The molecule has 0 aliphatic carbocycles. The van der Waals surface area contributed by atoms with Crippen molar-refractivity contribution in [2.75, 3.05) is 5.32 Å².